The third kappa shape index (κ3) is 4.70. The second-order valence-corrected chi connectivity index (χ2v) is 3.97. The number of halogens is 1. The Kier molecular flexibility index (Phi) is 6.82. The van der Waals surface area contributed by atoms with Gasteiger partial charge >= 0.3 is 0 Å². The summed E-state index contributed by atoms with van der Waals surface area (Å²) in [5, 5.41) is 27.9. The second-order valence-electron chi connectivity index (χ2n) is 3.59. The predicted octanol–water partition coefficient (Wildman–Crippen LogP) is 1.40. The third-order valence-corrected chi connectivity index (χ3v) is 2.41. The van der Waals surface area contributed by atoms with Crippen LogP contribution in [0.1, 0.15) is 11.7 Å². The number of ether oxygens (including phenoxy) is 2. The lowest BCUT2D eigenvalue weighted by atomic mass is 10.1. The highest BCUT2D eigenvalue weighted by Gasteiger charge is 2.17. The van der Waals surface area contributed by atoms with E-state index in [0.717, 1.165) is 0 Å². The minimum Gasteiger partial charge on any atom is -0.508 e. The molecule has 0 aliphatic heterocycles. The lowest BCUT2D eigenvalue weighted by molar-refractivity contribution is -0.0273. The van der Waals surface area contributed by atoms with Gasteiger partial charge in [-0.1, -0.05) is 0 Å². The molecule has 6 heteroatoms. The minimum atomic E-state index is -0.563. The molecule has 3 N–H and O–H groups in total. The van der Waals surface area contributed by atoms with E-state index in [0.29, 0.717) is 18.1 Å². The van der Waals surface area contributed by atoms with Crippen molar-refractivity contribution in [3.05, 3.63) is 23.8 Å². The Labute approximate surface area is 111 Å². The number of aliphatic hydroxyl groups excluding tert-OH is 1. The summed E-state index contributed by atoms with van der Waals surface area (Å²) in [6.07, 6.45) is -0.563. The van der Waals surface area contributed by atoms with Gasteiger partial charge in [-0.2, -0.15) is 0 Å². The van der Waals surface area contributed by atoms with E-state index in [1.54, 1.807) is 0 Å². The minimum absolute atomic E-state index is 0.00483. The fourth-order valence-corrected chi connectivity index (χ4v) is 1.58. The maximum absolute atomic E-state index is 9.73. The molecule has 0 aromatic heterocycles. The quantitative estimate of drug-likeness (QED) is 0.380. The molecule has 1 rings (SSSR count). The first-order valence-electron chi connectivity index (χ1n) is 5.57. The molecule has 1 aromatic rings. The first-order valence-corrected chi connectivity index (χ1v) is 6.10. The van der Waals surface area contributed by atoms with Gasteiger partial charge in [0.05, 0.1) is 26.4 Å². The molecule has 0 heterocycles. The van der Waals surface area contributed by atoms with Crippen LogP contribution in [0.15, 0.2) is 18.2 Å². The van der Waals surface area contributed by atoms with Crippen LogP contribution in [0.25, 0.3) is 0 Å². The Morgan fingerprint density at radius 2 is 2.00 bits per heavy atom. The summed E-state index contributed by atoms with van der Waals surface area (Å²) in [5.74, 6) is 0.390. The van der Waals surface area contributed by atoms with Gasteiger partial charge in [0.2, 0.25) is 0 Å². The molecule has 0 saturated carbocycles. The number of benzene rings is 1. The number of hydrogen-bond acceptors (Lipinski definition) is 5. The van der Waals surface area contributed by atoms with Crippen molar-refractivity contribution >= 4 is 11.6 Å². The number of aliphatic hydroxyl groups is 1. The summed E-state index contributed by atoms with van der Waals surface area (Å²) in [6, 6.07) is 4.16. The van der Waals surface area contributed by atoms with Crippen molar-refractivity contribution in [3.63, 3.8) is 0 Å². The average molecular weight is 277 g/mol. The fourth-order valence-electron chi connectivity index (χ4n) is 1.47. The van der Waals surface area contributed by atoms with Crippen LogP contribution in [0.3, 0.4) is 0 Å². The second kappa shape index (κ2) is 8.16. The zero-order chi connectivity index (χ0) is 13.4. The van der Waals surface area contributed by atoms with Crippen molar-refractivity contribution in [1.29, 1.82) is 0 Å². The molecule has 0 bridgehead atoms. The molecule has 0 spiro atoms. The topological polar surface area (TPSA) is 79.2 Å². The SMILES string of the molecule is OCCOC(COCCCl)c1cc(O)ccc1O. The van der Waals surface area contributed by atoms with Crippen molar-refractivity contribution < 1.29 is 24.8 Å². The van der Waals surface area contributed by atoms with Crippen LogP contribution in [0.4, 0.5) is 0 Å². The fraction of sp³-hybridized carbons (Fsp3) is 0.500. The first-order chi connectivity index (χ1) is 8.69. The van der Waals surface area contributed by atoms with E-state index in [2.05, 4.69) is 0 Å². The van der Waals surface area contributed by atoms with Gasteiger partial charge in [-0.15, -0.1) is 11.6 Å². The Bertz CT molecular complexity index is 358. The Morgan fingerprint density at radius 1 is 1.22 bits per heavy atom. The van der Waals surface area contributed by atoms with Crippen LogP contribution in [0, 0.1) is 0 Å². The molecule has 0 aliphatic rings. The molecule has 0 saturated heterocycles. The molecule has 1 unspecified atom stereocenters. The maximum Gasteiger partial charge on any atom is 0.121 e. The smallest absolute Gasteiger partial charge is 0.121 e. The number of aromatic hydroxyl groups is 2. The van der Waals surface area contributed by atoms with Gasteiger partial charge in [0.25, 0.3) is 0 Å². The van der Waals surface area contributed by atoms with E-state index < -0.39 is 6.10 Å². The van der Waals surface area contributed by atoms with Crippen LogP contribution in [-0.4, -0.2) is 47.6 Å². The summed E-state index contributed by atoms with van der Waals surface area (Å²) < 4.78 is 10.6. The predicted molar refractivity (Wildman–Crippen MR) is 67.1 cm³/mol. The highest BCUT2D eigenvalue weighted by molar-refractivity contribution is 6.17. The van der Waals surface area contributed by atoms with Gasteiger partial charge in [0.15, 0.2) is 0 Å². The van der Waals surface area contributed by atoms with E-state index in [1.165, 1.54) is 18.2 Å². The van der Waals surface area contributed by atoms with Gasteiger partial charge in [0.1, 0.15) is 17.6 Å². The van der Waals surface area contributed by atoms with Crippen molar-refractivity contribution in [2.75, 3.05) is 32.3 Å². The summed E-state index contributed by atoms with van der Waals surface area (Å²) in [6.45, 7) is 0.527. The zero-order valence-electron chi connectivity index (χ0n) is 9.88. The number of alkyl halides is 1. The van der Waals surface area contributed by atoms with Gasteiger partial charge in [-0.05, 0) is 18.2 Å². The largest absolute Gasteiger partial charge is 0.508 e. The molecule has 0 amide bonds. The van der Waals surface area contributed by atoms with Crippen LogP contribution in [0.5, 0.6) is 11.5 Å². The molecule has 0 fully saturated rings. The summed E-state index contributed by atoms with van der Waals surface area (Å²) in [4.78, 5) is 0. The standard InChI is InChI=1S/C12H17ClO5/c13-3-5-17-8-12(18-6-4-14)10-7-9(15)1-2-11(10)16/h1-2,7,12,14-16H,3-6,8H2. The number of phenols is 2. The molecular formula is C12H17ClO5. The molecular weight excluding hydrogens is 260 g/mol. The molecule has 102 valence electrons. The lowest BCUT2D eigenvalue weighted by Gasteiger charge is -2.19. The average Bonchev–Trinajstić information content (AvgIpc) is 2.37. The van der Waals surface area contributed by atoms with Gasteiger partial charge in [-0.25, -0.2) is 0 Å². The summed E-state index contributed by atoms with van der Waals surface area (Å²) in [5.41, 5.74) is 0.415. The number of phenolic OH excluding ortho intramolecular Hbond substituents is 2. The number of rotatable bonds is 8. The Balaban J connectivity index is 2.75. The first kappa shape index (κ1) is 15.0. The molecule has 0 aliphatic carbocycles. The van der Waals surface area contributed by atoms with Crippen LogP contribution in [0.2, 0.25) is 0 Å². The normalized spacial score (nSPS) is 12.6. The van der Waals surface area contributed by atoms with Crippen molar-refractivity contribution in [2.45, 2.75) is 6.10 Å². The summed E-state index contributed by atoms with van der Waals surface area (Å²) in [7, 11) is 0. The Hall–Kier alpha value is -1.01. The van der Waals surface area contributed by atoms with Gasteiger partial charge in [0, 0.05) is 11.4 Å². The third-order valence-electron chi connectivity index (χ3n) is 2.26. The van der Waals surface area contributed by atoms with Crippen molar-refractivity contribution in [3.8, 4) is 11.5 Å². The molecule has 1 aromatic carbocycles. The van der Waals surface area contributed by atoms with Gasteiger partial charge in [-0.3, -0.25) is 0 Å². The lowest BCUT2D eigenvalue weighted by Crippen LogP contribution is -2.15. The highest BCUT2D eigenvalue weighted by atomic mass is 35.5. The van der Waals surface area contributed by atoms with Crippen LogP contribution >= 0.6 is 11.6 Å². The van der Waals surface area contributed by atoms with Crippen LogP contribution in [-0.2, 0) is 9.47 Å². The van der Waals surface area contributed by atoms with E-state index >= 15 is 0 Å². The molecule has 18 heavy (non-hydrogen) atoms. The Morgan fingerprint density at radius 3 is 2.67 bits per heavy atom. The zero-order valence-corrected chi connectivity index (χ0v) is 10.6. The molecule has 1 atom stereocenters. The van der Waals surface area contributed by atoms with E-state index in [1.807, 2.05) is 0 Å². The van der Waals surface area contributed by atoms with E-state index in [-0.39, 0.29) is 31.3 Å². The number of hydrogen-bond donors (Lipinski definition) is 3. The summed E-state index contributed by atoms with van der Waals surface area (Å²) >= 11 is 5.50. The van der Waals surface area contributed by atoms with E-state index in [4.69, 9.17) is 26.2 Å². The van der Waals surface area contributed by atoms with E-state index in [9.17, 15) is 10.2 Å². The van der Waals surface area contributed by atoms with Crippen LogP contribution < -0.4 is 0 Å². The van der Waals surface area contributed by atoms with Crippen molar-refractivity contribution in [1.82, 2.24) is 0 Å². The van der Waals surface area contributed by atoms with Crippen molar-refractivity contribution in [2.24, 2.45) is 0 Å². The monoisotopic (exact) mass is 276 g/mol. The maximum atomic E-state index is 9.73. The molecule has 5 nitrogen and oxygen atoms in total. The highest BCUT2D eigenvalue weighted by Crippen LogP contribution is 2.30. The molecule has 0 radical (unpaired) electrons. The van der Waals surface area contributed by atoms with Gasteiger partial charge < -0.3 is 24.8 Å².